The Labute approximate surface area is 144 Å². The van der Waals surface area contributed by atoms with Crippen molar-refractivity contribution in [2.24, 2.45) is 11.8 Å². The maximum absolute atomic E-state index is 13.0. The van der Waals surface area contributed by atoms with Gasteiger partial charge in [-0.05, 0) is 43.2 Å². The molecule has 1 amide bonds. The number of carbonyl (C=O) groups is 1. The molecule has 2 aliphatic carbocycles. The lowest BCUT2D eigenvalue weighted by Crippen LogP contribution is -2.38. The molecule has 1 aromatic carbocycles. The normalized spacial score (nSPS) is 26.9. The van der Waals surface area contributed by atoms with Crippen LogP contribution < -0.4 is 0 Å². The number of benzene rings is 1. The van der Waals surface area contributed by atoms with Crippen LogP contribution >= 0.6 is 22.9 Å². The van der Waals surface area contributed by atoms with E-state index in [1.165, 1.54) is 6.42 Å². The number of hydrogen-bond donors (Lipinski definition) is 0. The molecule has 2 aromatic rings. The molecule has 0 bridgehead atoms. The lowest BCUT2D eigenvalue weighted by atomic mass is 10.1. The second kappa shape index (κ2) is 4.81. The van der Waals surface area contributed by atoms with Crippen molar-refractivity contribution >= 4 is 28.8 Å². The van der Waals surface area contributed by atoms with Gasteiger partial charge >= 0.3 is 0 Å². The smallest absolute Gasteiger partial charge is 0.235 e. The van der Waals surface area contributed by atoms with E-state index < -0.39 is 0 Å². The molecule has 5 heteroatoms. The first-order valence-electron chi connectivity index (χ1n) is 8.17. The lowest BCUT2D eigenvalue weighted by molar-refractivity contribution is -0.133. The number of nitrogens with zero attached hydrogens (tertiary/aromatic N) is 2. The molecule has 2 saturated carbocycles. The fourth-order valence-electron chi connectivity index (χ4n) is 3.76. The number of amides is 1. The topological polar surface area (TPSA) is 33.2 Å². The average Bonchev–Trinajstić information content (AvgIpc) is 3.43. The van der Waals surface area contributed by atoms with Crippen molar-refractivity contribution in [3.05, 3.63) is 39.7 Å². The first kappa shape index (κ1) is 14.0. The Bertz CT molecular complexity index is 771. The van der Waals surface area contributed by atoms with Crippen LogP contribution in [0.3, 0.4) is 0 Å². The zero-order valence-corrected chi connectivity index (χ0v) is 14.2. The molecule has 5 rings (SSSR count). The van der Waals surface area contributed by atoms with Crippen molar-refractivity contribution in [2.75, 3.05) is 13.1 Å². The van der Waals surface area contributed by atoms with E-state index in [4.69, 9.17) is 16.6 Å². The Hall–Kier alpha value is -1.39. The summed E-state index contributed by atoms with van der Waals surface area (Å²) in [4.78, 5) is 19.8. The van der Waals surface area contributed by atoms with Crippen LogP contribution in [0.15, 0.2) is 29.6 Å². The van der Waals surface area contributed by atoms with Crippen LogP contribution in [-0.4, -0.2) is 28.9 Å². The highest BCUT2D eigenvalue weighted by Crippen LogP contribution is 2.53. The summed E-state index contributed by atoms with van der Waals surface area (Å²) in [6, 6.07) is 7.72. The number of aromatic nitrogens is 1. The van der Waals surface area contributed by atoms with Crippen LogP contribution in [-0.2, 0) is 10.2 Å². The van der Waals surface area contributed by atoms with Crippen molar-refractivity contribution in [1.29, 1.82) is 0 Å². The van der Waals surface area contributed by atoms with Crippen LogP contribution in [0.5, 0.6) is 0 Å². The maximum Gasteiger partial charge on any atom is 0.235 e. The van der Waals surface area contributed by atoms with E-state index in [1.54, 1.807) is 11.3 Å². The Morgan fingerprint density at radius 1 is 1.22 bits per heavy atom. The molecule has 3 fully saturated rings. The summed E-state index contributed by atoms with van der Waals surface area (Å²) in [7, 11) is 0. The molecule has 0 radical (unpaired) electrons. The number of piperidine rings is 1. The Balaban J connectivity index is 1.41. The average molecular weight is 345 g/mol. The van der Waals surface area contributed by atoms with E-state index in [0.717, 1.165) is 59.1 Å². The molecular weight excluding hydrogens is 328 g/mol. The van der Waals surface area contributed by atoms with Gasteiger partial charge in [0, 0.05) is 29.1 Å². The van der Waals surface area contributed by atoms with Crippen molar-refractivity contribution in [3.8, 4) is 11.3 Å². The summed E-state index contributed by atoms with van der Waals surface area (Å²) in [6.07, 6.45) is 3.23. The number of likely N-dealkylation sites (tertiary alicyclic amines) is 1. The summed E-state index contributed by atoms with van der Waals surface area (Å²) >= 11 is 7.57. The van der Waals surface area contributed by atoms with Gasteiger partial charge in [0.15, 0.2) is 0 Å². The third-order valence-electron chi connectivity index (χ3n) is 5.48. The van der Waals surface area contributed by atoms with Gasteiger partial charge in [0.25, 0.3) is 0 Å². The standard InChI is InChI=1S/C18H17ClN2OS/c19-14-3-1-11(2-4-14)15-10-23-16(20-15)18(5-6-18)17(22)21-8-12-7-13(12)9-21/h1-4,10,12-13H,5-9H2. The SMILES string of the molecule is O=C(N1CC2CC2C1)C1(c2nc(-c3ccc(Cl)cc3)cs2)CC1. The lowest BCUT2D eigenvalue weighted by Gasteiger charge is -2.23. The van der Waals surface area contributed by atoms with Crippen LogP contribution in [0.1, 0.15) is 24.3 Å². The summed E-state index contributed by atoms with van der Waals surface area (Å²) in [5, 5.41) is 3.78. The highest BCUT2D eigenvalue weighted by molar-refractivity contribution is 7.10. The van der Waals surface area contributed by atoms with Gasteiger partial charge in [-0.2, -0.15) is 0 Å². The Kier molecular flexibility index (Phi) is 2.92. The van der Waals surface area contributed by atoms with Gasteiger partial charge in [0.05, 0.1) is 5.69 Å². The number of thiazole rings is 1. The van der Waals surface area contributed by atoms with Gasteiger partial charge in [-0.3, -0.25) is 4.79 Å². The summed E-state index contributed by atoms with van der Waals surface area (Å²) < 4.78 is 0. The van der Waals surface area contributed by atoms with E-state index >= 15 is 0 Å². The molecule has 3 aliphatic rings. The second-order valence-corrected chi connectivity index (χ2v) is 8.39. The zero-order chi connectivity index (χ0) is 15.6. The van der Waals surface area contributed by atoms with Gasteiger partial charge in [-0.1, -0.05) is 23.7 Å². The minimum atomic E-state index is -0.313. The van der Waals surface area contributed by atoms with Gasteiger partial charge in [-0.15, -0.1) is 11.3 Å². The summed E-state index contributed by atoms with van der Waals surface area (Å²) in [5.41, 5.74) is 1.69. The van der Waals surface area contributed by atoms with Crippen LogP contribution in [0, 0.1) is 11.8 Å². The first-order valence-corrected chi connectivity index (χ1v) is 9.43. The molecule has 1 aliphatic heterocycles. The molecule has 118 valence electrons. The fraction of sp³-hybridized carbons (Fsp3) is 0.444. The summed E-state index contributed by atoms with van der Waals surface area (Å²) in [6.45, 7) is 1.95. The van der Waals surface area contributed by atoms with Crippen molar-refractivity contribution in [3.63, 3.8) is 0 Å². The Morgan fingerprint density at radius 2 is 1.91 bits per heavy atom. The number of rotatable bonds is 3. The number of fused-ring (bicyclic) bond motifs is 1. The Morgan fingerprint density at radius 3 is 2.57 bits per heavy atom. The van der Waals surface area contributed by atoms with E-state index in [9.17, 15) is 4.79 Å². The van der Waals surface area contributed by atoms with Crippen LogP contribution in [0.2, 0.25) is 5.02 Å². The second-order valence-electron chi connectivity index (χ2n) is 7.09. The third-order valence-corrected chi connectivity index (χ3v) is 6.78. The molecule has 2 unspecified atom stereocenters. The van der Waals surface area contributed by atoms with Crippen LogP contribution in [0.4, 0.5) is 0 Å². The van der Waals surface area contributed by atoms with Crippen molar-refractivity contribution in [2.45, 2.75) is 24.7 Å². The number of halogens is 1. The van der Waals surface area contributed by atoms with E-state index in [1.807, 2.05) is 24.3 Å². The highest BCUT2D eigenvalue weighted by atomic mass is 35.5. The fourth-order valence-corrected chi connectivity index (χ4v) is 4.96. The minimum absolute atomic E-state index is 0.313. The first-order chi connectivity index (χ1) is 11.2. The summed E-state index contributed by atoms with van der Waals surface area (Å²) in [5.74, 6) is 1.90. The molecule has 2 heterocycles. The molecule has 1 saturated heterocycles. The molecule has 2 atom stereocenters. The highest BCUT2D eigenvalue weighted by Gasteiger charge is 2.58. The minimum Gasteiger partial charge on any atom is -0.341 e. The monoisotopic (exact) mass is 344 g/mol. The molecule has 1 aromatic heterocycles. The van der Waals surface area contributed by atoms with Crippen LogP contribution in [0.25, 0.3) is 11.3 Å². The molecule has 23 heavy (non-hydrogen) atoms. The van der Waals surface area contributed by atoms with Gasteiger partial charge in [0.2, 0.25) is 5.91 Å². The maximum atomic E-state index is 13.0. The quantitative estimate of drug-likeness (QED) is 0.844. The number of carbonyl (C=O) groups excluding carboxylic acids is 1. The largest absolute Gasteiger partial charge is 0.341 e. The van der Waals surface area contributed by atoms with Gasteiger partial charge in [0.1, 0.15) is 10.4 Å². The molecule has 0 N–H and O–H groups in total. The van der Waals surface area contributed by atoms with Gasteiger partial charge < -0.3 is 4.90 Å². The van der Waals surface area contributed by atoms with Crippen molar-refractivity contribution in [1.82, 2.24) is 9.88 Å². The molecule has 0 spiro atoms. The third kappa shape index (κ3) is 2.23. The van der Waals surface area contributed by atoms with E-state index in [2.05, 4.69) is 10.3 Å². The zero-order valence-electron chi connectivity index (χ0n) is 12.7. The number of hydrogen-bond acceptors (Lipinski definition) is 3. The van der Waals surface area contributed by atoms with Crippen molar-refractivity contribution < 1.29 is 4.79 Å². The van der Waals surface area contributed by atoms with E-state index in [0.29, 0.717) is 5.91 Å². The molecular formula is C18H17ClN2OS. The van der Waals surface area contributed by atoms with E-state index in [-0.39, 0.29) is 5.41 Å². The van der Waals surface area contributed by atoms with Gasteiger partial charge in [-0.25, -0.2) is 4.98 Å². The predicted molar refractivity (Wildman–Crippen MR) is 91.6 cm³/mol. The molecule has 3 nitrogen and oxygen atoms in total. The predicted octanol–water partition coefficient (Wildman–Crippen LogP) is 3.97.